The molecule has 4 aromatic heterocycles. The topological polar surface area (TPSA) is 98.5 Å². The molecular weight excluding hydrogens is 612 g/mol. The summed E-state index contributed by atoms with van der Waals surface area (Å²) in [6.07, 6.45) is 5.39. The van der Waals surface area contributed by atoms with Crippen LogP contribution in [0.3, 0.4) is 0 Å². The van der Waals surface area contributed by atoms with E-state index in [1.165, 1.54) is 30.6 Å². The van der Waals surface area contributed by atoms with Crippen molar-refractivity contribution in [1.82, 2.24) is 29.6 Å². The van der Waals surface area contributed by atoms with E-state index in [1.807, 2.05) is 29.1 Å². The summed E-state index contributed by atoms with van der Waals surface area (Å²) < 4.78 is 44.3. The van der Waals surface area contributed by atoms with Gasteiger partial charge in [0.1, 0.15) is 41.2 Å². The molecule has 7 rings (SSSR count). The lowest BCUT2D eigenvalue weighted by molar-refractivity contribution is -0.129. The van der Waals surface area contributed by atoms with Gasteiger partial charge in [0, 0.05) is 66.8 Å². The normalized spacial score (nSPS) is 16.0. The van der Waals surface area contributed by atoms with Gasteiger partial charge >= 0.3 is 0 Å². The van der Waals surface area contributed by atoms with Crippen LogP contribution < -0.4 is 9.64 Å². The van der Waals surface area contributed by atoms with Crippen LogP contribution >= 0.6 is 11.3 Å². The first-order valence-electron chi connectivity index (χ1n) is 14.9. The number of carbonyl (C=O) groups excluding carboxylic acids is 1. The molecule has 0 bridgehead atoms. The Morgan fingerprint density at radius 2 is 1.93 bits per heavy atom. The molecule has 13 heteroatoms. The van der Waals surface area contributed by atoms with Crippen molar-refractivity contribution >= 4 is 33.1 Å². The number of aromatic nitrogens is 5. The van der Waals surface area contributed by atoms with Crippen molar-refractivity contribution in [2.75, 3.05) is 38.3 Å². The Bertz CT molecular complexity index is 1980. The van der Waals surface area contributed by atoms with E-state index in [1.54, 1.807) is 17.3 Å². The highest BCUT2D eigenvalue weighted by Gasteiger charge is 2.32. The number of thiophene rings is 1. The first-order valence-corrected chi connectivity index (χ1v) is 15.8. The average molecular weight is 644 g/mol. The second kappa shape index (κ2) is 12.2. The summed E-state index contributed by atoms with van der Waals surface area (Å²) >= 11 is 1.44. The molecule has 0 saturated heterocycles. The average Bonchev–Trinajstić information content (AvgIpc) is 3.73. The highest BCUT2D eigenvalue weighted by atomic mass is 32.1. The van der Waals surface area contributed by atoms with Crippen molar-refractivity contribution in [2.45, 2.75) is 32.5 Å². The molecule has 2 aliphatic heterocycles. The number of methoxy groups -OCH3 is 1. The first-order chi connectivity index (χ1) is 22.4. The zero-order valence-electron chi connectivity index (χ0n) is 25.4. The predicted molar refractivity (Wildman–Crippen MR) is 171 cm³/mol. The van der Waals surface area contributed by atoms with Gasteiger partial charge in [0.05, 0.1) is 48.4 Å². The summed E-state index contributed by atoms with van der Waals surface area (Å²) in [5, 5.41) is 7.70. The van der Waals surface area contributed by atoms with E-state index in [-0.39, 0.29) is 36.5 Å². The van der Waals surface area contributed by atoms with Crippen LogP contribution in [0.2, 0.25) is 0 Å². The summed E-state index contributed by atoms with van der Waals surface area (Å²) in [7, 11) is 1.53. The Balaban J connectivity index is 1.45. The Morgan fingerprint density at radius 3 is 2.74 bits per heavy atom. The number of rotatable bonds is 8. The molecule has 1 unspecified atom stereocenters. The standard InChI is InChI=1S/C33H31F2N7O3S/c1-4-28(43)41-10-11-42-26(19(41)2)17-24(39-42)31-30(29-22(35)15-20(34)16-27(29)45-13-12-44-3)32-21(6-14-46-32)33(38-31)40-9-5-23-25(18-40)37-8-7-36-23/h4,6-8,14-17,19H,1,5,9-13,18H2,2-3H3. The molecule has 0 saturated carbocycles. The molecule has 1 atom stereocenters. The number of hydrogen-bond donors (Lipinski definition) is 0. The molecule has 236 valence electrons. The molecule has 46 heavy (non-hydrogen) atoms. The predicted octanol–water partition coefficient (Wildman–Crippen LogP) is 5.57. The minimum absolute atomic E-state index is 0.0438. The molecule has 1 amide bonds. The van der Waals surface area contributed by atoms with E-state index in [0.29, 0.717) is 55.4 Å². The molecule has 5 aromatic rings. The maximum absolute atomic E-state index is 16.0. The second-order valence-electron chi connectivity index (χ2n) is 11.1. The van der Waals surface area contributed by atoms with Crippen LogP contribution in [0.4, 0.5) is 14.6 Å². The molecular formula is C33H31F2N7O3S. The number of pyridine rings is 1. The van der Waals surface area contributed by atoms with Gasteiger partial charge in [-0.15, -0.1) is 11.3 Å². The van der Waals surface area contributed by atoms with Crippen molar-refractivity contribution in [2.24, 2.45) is 0 Å². The summed E-state index contributed by atoms with van der Waals surface area (Å²) in [6.45, 7) is 8.02. The van der Waals surface area contributed by atoms with Crippen molar-refractivity contribution in [3.63, 3.8) is 0 Å². The minimum atomic E-state index is -0.778. The van der Waals surface area contributed by atoms with E-state index in [9.17, 15) is 9.18 Å². The zero-order chi connectivity index (χ0) is 31.9. The van der Waals surface area contributed by atoms with Gasteiger partial charge in [-0.05, 0) is 30.5 Å². The van der Waals surface area contributed by atoms with E-state index in [2.05, 4.69) is 21.4 Å². The number of benzene rings is 1. The van der Waals surface area contributed by atoms with Gasteiger partial charge in [-0.25, -0.2) is 13.8 Å². The van der Waals surface area contributed by atoms with Crippen LogP contribution in [0.15, 0.2) is 54.7 Å². The first kappa shape index (κ1) is 29.9. The molecule has 0 N–H and O–H groups in total. The minimum Gasteiger partial charge on any atom is -0.490 e. The van der Waals surface area contributed by atoms with Crippen LogP contribution in [-0.2, 0) is 29.0 Å². The third-order valence-electron chi connectivity index (χ3n) is 8.48. The van der Waals surface area contributed by atoms with E-state index in [4.69, 9.17) is 19.6 Å². The van der Waals surface area contributed by atoms with Gasteiger partial charge in [-0.1, -0.05) is 6.58 Å². The number of hydrogen-bond acceptors (Lipinski definition) is 9. The molecule has 1 aromatic carbocycles. The van der Waals surface area contributed by atoms with Gasteiger partial charge in [-0.2, -0.15) is 5.10 Å². The highest BCUT2D eigenvalue weighted by Crippen LogP contribution is 2.47. The third-order valence-corrected chi connectivity index (χ3v) is 9.41. The second-order valence-corrected chi connectivity index (χ2v) is 12.1. The zero-order valence-corrected chi connectivity index (χ0v) is 26.2. The maximum Gasteiger partial charge on any atom is 0.246 e. The smallest absolute Gasteiger partial charge is 0.246 e. The van der Waals surface area contributed by atoms with Crippen molar-refractivity contribution < 1.29 is 23.0 Å². The van der Waals surface area contributed by atoms with Gasteiger partial charge in [0.15, 0.2) is 0 Å². The lowest BCUT2D eigenvalue weighted by atomic mass is 9.98. The number of carbonyl (C=O) groups is 1. The highest BCUT2D eigenvalue weighted by molar-refractivity contribution is 7.18. The SMILES string of the molecule is C=CC(=O)N1CCn2nc(-c3nc(N4CCc5nccnc5C4)c4ccsc4c3-c3c(F)cc(F)cc3OCCOC)cc2C1C. The summed E-state index contributed by atoms with van der Waals surface area (Å²) in [6, 6.07) is 5.63. The lowest BCUT2D eigenvalue weighted by Crippen LogP contribution is -2.40. The fourth-order valence-corrected chi connectivity index (χ4v) is 7.21. The maximum atomic E-state index is 16.0. The fourth-order valence-electron chi connectivity index (χ4n) is 6.26. The Kier molecular flexibility index (Phi) is 7.95. The number of ether oxygens (including phenoxy) is 2. The van der Waals surface area contributed by atoms with Crippen molar-refractivity contribution in [3.8, 4) is 28.3 Å². The molecule has 0 aliphatic carbocycles. The molecule has 2 aliphatic rings. The quantitative estimate of drug-likeness (QED) is 0.160. The summed E-state index contributed by atoms with van der Waals surface area (Å²) in [4.78, 5) is 30.8. The van der Waals surface area contributed by atoms with Crippen LogP contribution in [0, 0.1) is 11.6 Å². The fraction of sp³-hybridized carbons (Fsp3) is 0.303. The molecule has 0 fully saturated rings. The number of nitrogens with zero attached hydrogens (tertiary/aromatic N) is 7. The molecule has 0 radical (unpaired) electrons. The van der Waals surface area contributed by atoms with Crippen LogP contribution in [-0.4, -0.2) is 69.0 Å². The number of amides is 1. The van der Waals surface area contributed by atoms with Gasteiger partial charge < -0.3 is 19.3 Å². The van der Waals surface area contributed by atoms with E-state index in [0.717, 1.165) is 33.2 Å². The Labute approximate surface area is 267 Å². The van der Waals surface area contributed by atoms with E-state index < -0.39 is 11.6 Å². The Morgan fingerprint density at radius 1 is 1.11 bits per heavy atom. The monoisotopic (exact) mass is 643 g/mol. The van der Waals surface area contributed by atoms with Crippen LogP contribution in [0.5, 0.6) is 5.75 Å². The Hall–Kier alpha value is -4.75. The number of anilines is 1. The number of halogens is 2. The van der Waals surface area contributed by atoms with Crippen molar-refractivity contribution in [1.29, 1.82) is 0 Å². The molecule has 10 nitrogen and oxygen atoms in total. The number of fused-ring (bicyclic) bond motifs is 3. The van der Waals surface area contributed by atoms with Crippen LogP contribution in [0.25, 0.3) is 32.6 Å². The summed E-state index contributed by atoms with van der Waals surface area (Å²) in [5.74, 6) is -0.948. The van der Waals surface area contributed by atoms with Crippen LogP contribution in [0.1, 0.15) is 30.0 Å². The largest absolute Gasteiger partial charge is 0.490 e. The van der Waals surface area contributed by atoms with Gasteiger partial charge in [0.25, 0.3) is 0 Å². The lowest BCUT2D eigenvalue weighted by Gasteiger charge is -2.33. The molecule has 6 heterocycles. The third kappa shape index (κ3) is 5.18. The molecule has 0 spiro atoms. The van der Waals surface area contributed by atoms with Crippen molar-refractivity contribution in [3.05, 3.63) is 83.4 Å². The van der Waals surface area contributed by atoms with E-state index >= 15 is 4.39 Å². The van der Waals surface area contributed by atoms with Gasteiger partial charge in [-0.3, -0.25) is 19.4 Å². The van der Waals surface area contributed by atoms with Gasteiger partial charge in [0.2, 0.25) is 5.91 Å². The summed E-state index contributed by atoms with van der Waals surface area (Å²) in [5.41, 5.74) is 4.13.